The highest BCUT2D eigenvalue weighted by Gasteiger charge is 1.75. The van der Waals surface area contributed by atoms with Gasteiger partial charge in [-0.2, -0.15) is 0 Å². The summed E-state index contributed by atoms with van der Waals surface area (Å²) in [6.45, 7) is 3.03. The zero-order valence-electron chi connectivity index (χ0n) is 6.58. The Morgan fingerprint density at radius 1 is 1.10 bits per heavy atom. The first-order chi connectivity index (χ1) is 4.83. The molecule has 0 heterocycles. The second kappa shape index (κ2) is 16.3. The molecule has 10 heavy (non-hydrogen) atoms. The zero-order chi connectivity index (χ0) is 8.24. The lowest BCUT2D eigenvalue weighted by atomic mass is 10.3. The topological polar surface area (TPSA) is 26.0 Å². The van der Waals surface area contributed by atoms with Crippen LogP contribution in [0, 0.1) is 0 Å². The summed E-state index contributed by atoms with van der Waals surface area (Å²) < 4.78 is 0. The smallest absolute Gasteiger partial charge is 0.0359 e. The maximum Gasteiger partial charge on any atom is 0.0359 e. The quantitative estimate of drug-likeness (QED) is 0.530. The van der Waals surface area contributed by atoms with E-state index < -0.39 is 0 Å². The van der Waals surface area contributed by atoms with Crippen LogP contribution in [-0.2, 0) is 0 Å². The number of halogens is 2. The van der Waals surface area contributed by atoms with Gasteiger partial charge >= 0.3 is 0 Å². The molecule has 0 aliphatic heterocycles. The van der Waals surface area contributed by atoms with E-state index in [2.05, 4.69) is 6.92 Å². The van der Waals surface area contributed by atoms with Crippen molar-refractivity contribution in [1.29, 1.82) is 0 Å². The van der Waals surface area contributed by atoms with E-state index >= 15 is 0 Å². The van der Waals surface area contributed by atoms with Crippen molar-refractivity contribution in [3.8, 4) is 0 Å². The molecule has 0 aliphatic rings. The van der Waals surface area contributed by atoms with E-state index in [-0.39, 0.29) is 0 Å². The van der Waals surface area contributed by atoms with Crippen LogP contribution < -0.4 is 5.73 Å². The van der Waals surface area contributed by atoms with Crippen LogP contribution in [-0.4, -0.2) is 18.3 Å². The first kappa shape index (κ1) is 13.2. The Bertz CT molecular complexity index is 36.6. The second-order valence-electron chi connectivity index (χ2n) is 1.87. The molecule has 0 spiro atoms. The zero-order valence-corrected chi connectivity index (χ0v) is 8.09. The number of alkyl halides is 2. The van der Waals surface area contributed by atoms with Gasteiger partial charge in [-0.25, -0.2) is 0 Å². The fourth-order valence-electron chi connectivity index (χ4n) is 0.394. The Morgan fingerprint density at radius 2 is 1.60 bits per heavy atom. The number of unbranched alkanes of at least 4 members (excludes halogenated alkanes) is 2. The first-order valence-corrected chi connectivity index (χ1v) is 4.72. The van der Waals surface area contributed by atoms with Gasteiger partial charge in [0.25, 0.3) is 0 Å². The van der Waals surface area contributed by atoms with Crippen LogP contribution in [0.15, 0.2) is 0 Å². The summed E-state index contributed by atoms with van der Waals surface area (Å²) >= 11 is 10.1. The van der Waals surface area contributed by atoms with Crippen LogP contribution in [0.25, 0.3) is 0 Å². The predicted octanol–water partition coefficient (Wildman–Crippen LogP) is 2.60. The van der Waals surface area contributed by atoms with E-state index in [1.165, 1.54) is 19.3 Å². The first-order valence-electron chi connectivity index (χ1n) is 3.65. The Balaban J connectivity index is 0. The number of hydrogen-bond donors (Lipinski definition) is 1. The van der Waals surface area contributed by atoms with Gasteiger partial charge < -0.3 is 5.73 Å². The summed E-state index contributed by atoms with van der Waals surface area (Å²) in [5.41, 5.74) is 5.21. The monoisotopic (exact) mass is 185 g/mol. The lowest BCUT2D eigenvalue weighted by Crippen LogP contribution is -1.96. The van der Waals surface area contributed by atoms with Crippen LogP contribution >= 0.6 is 23.2 Å². The van der Waals surface area contributed by atoms with Gasteiger partial charge in [0.15, 0.2) is 0 Å². The van der Waals surface area contributed by atoms with E-state index in [1.54, 1.807) is 0 Å². The fraction of sp³-hybridized carbons (Fsp3) is 1.00. The molecule has 0 aromatic carbocycles. The Hall–Kier alpha value is 0.540. The summed E-state index contributed by atoms with van der Waals surface area (Å²) in [5.74, 6) is 1.11. The molecule has 0 bridgehead atoms. The van der Waals surface area contributed by atoms with Gasteiger partial charge in [-0.05, 0) is 13.0 Å². The molecular weight excluding hydrogens is 169 g/mol. The molecule has 0 aromatic rings. The second-order valence-corrected chi connectivity index (χ2v) is 2.63. The molecule has 0 unspecified atom stereocenters. The van der Waals surface area contributed by atoms with Crippen molar-refractivity contribution >= 4 is 23.2 Å². The third kappa shape index (κ3) is 23.6. The maximum absolute atomic E-state index is 5.21. The summed E-state index contributed by atoms with van der Waals surface area (Å²) in [5, 5.41) is 0. The van der Waals surface area contributed by atoms with E-state index in [0.717, 1.165) is 6.54 Å². The van der Waals surface area contributed by atoms with Crippen molar-refractivity contribution in [3.63, 3.8) is 0 Å². The molecule has 0 aromatic heterocycles. The van der Waals surface area contributed by atoms with Crippen LogP contribution in [0.4, 0.5) is 0 Å². The average Bonchev–Trinajstić information content (AvgIpc) is 2.01. The molecule has 0 rings (SSSR count). The van der Waals surface area contributed by atoms with Gasteiger partial charge in [-0.1, -0.05) is 19.8 Å². The standard InChI is InChI=1S/C5H13N.C2H4Cl2/c1-2-3-4-5-6;3-1-2-4/h2-6H2,1H3;1-2H2. The van der Waals surface area contributed by atoms with Gasteiger partial charge in [0.1, 0.15) is 0 Å². The van der Waals surface area contributed by atoms with Crippen LogP contribution in [0.3, 0.4) is 0 Å². The van der Waals surface area contributed by atoms with Gasteiger partial charge in [-0.3, -0.25) is 0 Å². The highest BCUT2D eigenvalue weighted by atomic mass is 35.5. The van der Waals surface area contributed by atoms with Gasteiger partial charge in [-0.15, -0.1) is 23.2 Å². The van der Waals surface area contributed by atoms with Crippen molar-refractivity contribution in [2.24, 2.45) is 5.73 Å². The largest absolute Gasteiger partial charge is 0.330 e. The van der Waals surface area contributed by atoms with Crippen molar-refractivity contribution in [2.75, 3.05) is 18.3 Å². The molecule has 0 atom stereocenters. The van der Waals surface area contributed by atoms with E-state index in [1.807, 2.05) is 0 Å². The fourth-order valence-corrected chi connectivity index (χ4v) is 0.394. The summed E-state index contributed by atoms with van der Waals surface area (Å²) in [7, 11) is 0. The molecular formula is C7H17Cl2N. The van der Waals surface area contributed by atoms with E-state index in [0.29, 0.717) is 11.8 Å². The van der Waals surface area contributed by atoms with Crippen LogP contribution in [0.2, 0.25) is 0 Å². The Kier molecular flexibility index (Phi) is 21.4. The van der Waals surface area contributed by atoms with Gasteiger partial charge in [0, 0.05) is 11.8 Å². The van der Waals surface area contributed by atoms with Crippen molar-refractivity contribution in [3.05, 3.63) is 0 Å². The van der Waals surface area contributed by atoms with Crippen LogP contribution in [0.5, 0.6) is 0 Å². The Morgan fingerprint density at radius 3 is 1.70 bits per heavy atom. The molecule has 2 N–H and O–H groups in total. The molecule has 64 valence electrons. The van der Waals surface area contributed by atoms with Crippen molar-refractivity contribution < 1.29 is 0 Å². The number of hydrogen-bond acceptors (Lipinski definition) is 1. The minimum absolute atomic E-state index is 0.557. The van der Waals surface area contributed by atoms with E-state index in [4.69, 9.17) is 28.9 Å². The molecule has 0 amide bonds. The van der Waals surface area contributed by atoms with Gasteiger partial charge in [0.2, 0.25) is 0 Å². The predicted molar refractivity (Wildman–Crippen MR) is 50.0 cm³/mol. The van der Waals surface area contributed by atoms with Gasteiger partial charge in [0.05, 0.1) is 0 Å². The lowest BCUT2D eigenvalue weighted by Gasteiger charge is -1.86. The third-order valence-electron chi connectivity index (χ3n) is 0.879. The van der Waals surface area contributed by atoms with Crippen molar-refractivity contribution in [1.82, 2.24) is 0 Å². The summed E-state index contributed by atoms with van der Waals surface area (Å²) in [4.78, 5) is 0. The lowest BCUT2D eigenvalue weighted by molar-refractivity contribution is 0.727. The number of nitrogens with two attached hydrogens (primary N) is 1. The Labute approximate surface area is 73.9 Å². The van der Waals surface area contributed by atoms with E-state index in [9.17, 15) is 0 Å². The van der Waals surface area contributed by atoms with Crippen LogP contribution in [0.1, 0.15) is 26.2 Å². The average molecular weight is 186 g/mol. The highest BCUT2D eigenvalue weighted by molar-refractivity contribution is 6.25. The SMILES string of the molecule is CCCCCN.ClCCCl. The molecule has 0 aliphatic carbocycles. The highest BCUT2D eigenvalue weighted by Crippen LogP contribution is 1.88. The molecule has 3 heteroatoms. The minimum Gasteiger partial charge on any atom is -0.330 e. The summed E-state index contributed by atoms with van der Waals surface area (Å²) in [6.07, 6.45) is 3.75. The normalized spacial score (nSPS) is 8.40. The summed E-state index contributed by atoms with van der Waals surface area (Å²) in [6, 6.07) is 0. The molecule has 0 radical (unpaired) electrons. The molecule has 0 fully saturated rings. The third-order valence-corrected chi connectivity index (χ3v) is 1.45. The van der Waals surface area contributed by atoms with Crippen molar-refractivity contribution in [2.45, 2.75) is 26.2 Å². The molecule has 1 nitrogen and oxygen atoms in total. The number of rotatable bonds is 4. The minimum atomic E-state index is 0.557. The maximum atomic E-state index is 5.21. The molecule has 0 saturated heterocycles. The molecule has 0 saturated carbocycles.